The first-order chi connectivity index (χ1) is 8.31. The fourth-order valence-corrected chi connectivity index (χ4v) is 2.27. The summed E-state index contributed by atoms with van der Waals surface area (Å²) in [6, 6.07) is 8.76. The van der Waals surface area contributed by atoms with Gasteiger partial charge in [0.05, 0.1) is 18.1 Å². The Bertz CT molecular complexity index is 472. The lowest BCUT2D eigenvalue weighted by molar-refractivity contribution is 0.357. The second kappa shape index (κ2) is 4.05. The van der Waals surface area contributed by atoms with Crippen molar-refractivity contribution >= 4 is 0 Å². The second-order valence-electron chi connectivity index (χ2n) is 5.04. The van der Waals surface area contributed by atoms with Gasteiger partial charge in [-0.15, -0.1) is 0 Å². The quantitative estimate of drug-likeness (QED) is 0.857. The summed E-state index contributed by atoms with van der Waals surface area (Å²) in [5, 5.41) is 12.4. The van der Waals surface area contributed by atoms with Crippen molar-refractivity contribution in [2.45, 2.75) is 25.8 Å². The van der Waals surface area contributed by atoms with E-state index in [4.69, 9.17) is 10.00 Å². The highest BCUT2D eigenvalue weighted by Gasteiger charge is 2.42. The van der Waals surface area contributed by atoms with Crippen molar-refractivity contribution in [3.63, 3.8) is 0 Å². The van der Waals surface area contributed by atoms with E-state index in [0.29, 0.717) is 0 Å². The Labute approximate surface area is 101 Å². The van der Waals surface area contributed by atoms with Crippen LogP contribution in [-0.4, -0.2) is 13.2 Å². The molecular formula is C14H16N2O. The first-order valence-corrected chi connectivity index (χ1v) is 6.18. The Morgan fingerprint density at radius 1 is 1.41 bits per heavy atom. The minimum absolute atomic E-state index is 0.0557. The zero-order valence-electron chi connectivity index (χ0n) is 9.83. The Balaban J connectivity index is 1.57. The van der Waals surface area contributed by atoms with Gasteiger partial charge in [0.15, 0.2) is 0 Å². The van der Waals surface area contributed by atoms with Crippen LogP contribution in [-0.2, 0) is 13.0 Å². The van der Waals surface area contributed by atoms with Crippen LogP contribution in [0.15, 0.2) is 18.2 Å². The molecule has 0 unspecified atom stereocenters. The SMILES string of the molecule is N#CC1(CNCc2ccc3c(c2)CCO3)CC1. The van der Waals surface area contributed by atoms with E-state index >= 15 is 0 Å². The maximum absolute atomic E-state index is 8.97. The van der Waals surface area contributed by atoms with E-state index in [2.05, 4.69) is 29.6 Å². The molecule has 1 N–H and O–H groups in total. The number of ether oxygens (including phenoxy) is 1. The lowest BCUT2D eigenvalue weighted by Crippen LogP contribution is -2.22. The van der Waals surface area contributed by atoms with Gasteiger partial charge >= 0.3 is 0 Å². The Morgan fingerprint density at radius 2 is 2.29 bits per heavy atom. The fraction of sp³-hybridized carbons (Fsp3) is 0.500. The van der Waals surface area contributed by atoms with E-state index in [1.165, 1.54) is 11.1 Å². The molecular weight excluding hydrogens is 212 g/mol. The number of benzene rings is 1. The fourth-order valence-electron chi connectivity index (χ4n) is 2.27. The predicted molar refractivity (Wildman–Crippen MR) is 64.6 cm³/mol. The molecule has 3 rings (SSSR count). The zero-order valence-corrected chi connectivity index (χ0v) is 9.83. The summed E-state index contributed by atoms with van der Waals surface area (Å²) < 4.78 is 5.48. The van der Waals surface area contributed by atoms with E-state index in [-0.39, 0.29) is 5.41 Å². The number of fused-ring (bicyclic) bond motifs is 1. The molecule has 2 aliphatic rings. The molecule has 0 amide bonds. The van der Waals surface area contributed by atoms with Gasteiger partial charge in [0, 0.05) is 19.5 Å². The van der Waals surface area contributed by atoms with Crippen LogP contribution in [0.5, 0.6) is 5.75 Å². The van der Waals surface area contributed by atoms with Crippen LogP contribution in [0.4, 0.5) is 0 Å². The summed E-state index contributed by atoms with van der Waals surface area (Å²) in [5.41, 5.74) is 2.54. The minimum Gasteiger partial charge on any atom is -0.493 e. The maximum Gasteiger partial charge on any atom is 0.122 e. The molecule has 1 aliphatic carbocycles. The van der Waals surface area contributed by atoms with E-state index < -0.39 is 0 Å². The third-order valence-corrected chi connectivity index (χ3v) is 3.64. The molecule has 0 saturated heterocycles. The second-order valence-corrected chi connectivity index (χ2v) is 5.04. The Kier molecular flexibility index (Phi) is 2.53. The van der Waals surface area contributed by atoms with E-state index in [1.54, 1.807) is 0 Å². The molecule has 1 aromatic rings. The van der Waals surface area contributed by atoms with E-state index in [9.17, 15) is 0 Å². The number of nitrogens with zero attached hydrogens (tertiary/aromatic N) is 1. The average Bonchev–Trinajstić information content (AvgIpc) is 2.98. The molecule has 1 aromatic carbocycles. The van der Waals surface area contributed by atoms with Gasteiger partial charge < -0.3 is 10.1 Å². The molecule has 0 bridgehead atoms. The summed E-state index contributed by atoms with van der Waals surface area (Å²) in [7, 11) is 0. The number of nitrogens with one attached hydrogen (secondary N) is 1. The summed E-state index contributed by atoms with van der Waals surface area (Å²) in [5.74, 6) is 1.03. The normalized spacial score (nSPS) is 19.2. The van der Waals surface area contributed by atoms with Crippen molar-refractivity contribution < 1.29 is 4.74 Å². The van der Waals surface area contributed by atoms with E-state index in [0.717, 1.165) is 44.7 Å². The van der Waals surface area contributed by atoms with Gasteiger partial charge in [-0.2, -0.15) is 5.26 Å². The van der Waals surface area contributed by atoms with Crippen molar-refractivity contribution in [1.29, 1.82) is 5.26 Å². The van der Waals surface area contributed by atoms with Crippen LogP contribution in [0.1, 0.15) is 24.0 Å². The highest BCUT2D eigenvalue weighted by atomic mass is 16.5. The molecule has 0 spiro atoms. The topological polar surface area (TPSA) is 45.0 Å². The highest BCUT2D eigenvalue weighted by Crippen LogP contribution is 2.44. The van der Waals surface area contributed by atoms with Crippen molar-refractivity contribution in [2.75, 3.05) is 13.2 Å². The molecule has 3 nitrogen and oxygen atoms in total. The Morgan fingerprint density at radius 3 is 3.06 bits per heavy atom. The molecule has 1 aliphatic heterocycles. The standard InChI is InChI=1S/C14H16N2O/c15-9-14(4-5-14)10-16-8-11-1-2-13-12(7-11)3-6-17-13/h1-2,7,16H,3-6,8,10H2. The molecule has 88 valence electrons. The van der Waals surface area contributed by atoms with Crippen molar-refractivity contribution in [1.82, 2.24) is 5.32 Å². The molecule has 1 fully saturated rings. The summed E-state index contributed by atoms with van der Waals surface area (Å²) >= 11 is 0. The summed E-state index contributed by atoms with van der Waals surface area (Å²) in [4.78, 5) is 0. The van der Waals surface area contributed by atoms with Crippen molar-refractivity contribution in [3.05, 3.63) is 29.3 Å². The van der Waals surface area contributed by atoms with Gasteiger partial charge in [0.2, 0.25) is 0 Å². The number of nitriles is 1. The zero-order chi connectivity index (χ0) is 11.7. The van der Waals surface area contributed by atoms with Crippen LogP contribution < -0.4 is 10.1 Å². The van der Waals surface area contributed by atoms with Crippen LogP contribution in [0, 0.1) is 16.7 Å². The summed E-state index contributed by atoms with van der Waals surface area (Å²) in [6.45, 7) is 2.47. The highest BCUT2D eigenvalue weighted by molar-refractivity contribution is 5.39. The van der Waals surface area contributed by atoms with Crippen LogP contribution in [0.2, 0.25) is 0 Å². The van der Waals surface area contributed by atoms with Crippen LogP contribution in [0.25, 0.3) is 0 Å². The van der Waals surface area contributed by atoms with Gasteiger partial charge in [-0.05, 0) is 30.0 Å². The Hall–Kier alpha value is -1.53. The third kappa shape index (κ3) is 2.13. The third-order valence-electron chi connectivity index (χ3n) is 3.64. The monoisotopic (exact) mass is 228 g/mol. The number of rotatable bonds is 4. The minimum atomic E-state index is -0.0557. The molecule has 0 atom stereocenters. The molecule has 1 saturated carbocycles. The molecule has 17 heavy (non-hydrogen) atoms. The number of hydrogen-bond acceptors (Lipinski definition) is 3. The number of hydrogen-bond donors (Lipinski definition) is 1. The average molecular weight is 228 g/mol. The lowest BCUT2D eigenvalue weighted by Gasteiger charge is -2.09. The largest absolute Gasteiger partial charge is 0.493 e. The van der Waals surface area contributed by atoms with Gasteiger partial charge in [-0.1, -0.05) is 12.1 Å². The van der Waals surface area contributed by atoms with Gasteiger partial charge in [-0.3, -0.25) is 0 Å². The van der Waals surface area contributed by atoms with Crippen LogP contribution >= 0.6 is 0 Å². The smallest absolute Gasteiger partial charge is 0.122 e. The molecule has 0 aromatic heterocycles. The van der Waals surface area contributed by atoms with Gasteiger partial charge in [-0.25, -0.2) is 0 Å². The predicted octanol–water partition coefficient (Wildman–Crippen LogP) is 2.01. The first kappa shape index (κ1) is 10.6. The van der Waals surface area contributed by atoms with E-state index in [1.807, 2.05) is 0 Å². The lowest BCUT2D eigenvalue weighted by atomic mass is 10.1. The van der Waals surface area contributed by atoms with Crippen LogP contribution in [0.3, 0.4) is 0 Å². The summed E-state index contributed by atoms with van der Waals surface area (Å²) in [6.07, 6.45) is 3.12. The van der Waals surface area contributed by atoms with Gasteiger partial charge in [0.25, 0.3) is 0 Å². The van der Waals surface area contributed by atoms with Gasteiger partial charge in [0.1, 0.15) is 5.75 Å². The molecule has 3 heteroatoms. The maximum atomic E-state index is 8.97. The molecule has 0 radical (unpaired) electrons. The molecule has 1 heterocycles. The van der Waals surface area contributed by atoms with Crippen molar-refractivity contribution in [2.24, 2.45) is 5.41 Å². The van der Waals surface area contributed by atoms with Crippen molar-refractivity contribution in [3.8, 4) is 11.8 Å². The first-order valence-electron chi connectivity index (χ1n) is 6.18.